The lowest BCUT2D eigenvalue weighted by Gasteiger charge is -2.26. The van der Waals surface area contributed by atoms with Crippen LogP contribution < -0.4 is 9.80 Å². The number of benzene rings is 2. The summed E-state index contributed by atoms with van der Waals surface area (Å²) in [4.78, 5) is 17.7. The number of allylic oxidation sites excluding steroid dienone is 3. The van der Waals surface area contributed by atoms with E-state index < -0.39 is 0 Å². The zero-order valence-corrected chi connectivity index (χ0v) is 20.3. The van der Waals surface area contributed by atoms with Crippen LogP contribution in [0.4, 0.5) is 11.4 Å². The topological polar surface area (TPSA) is 48.7 Å². The van der Waals surface area contributed by atoms with Gasteiger partial charge in [-0.1, -0.05) is 37.3 Å². The normalized spacial score (nSPS) is 16.6. The van der Waals surface area contributed by atoms with Crippen molar-refractivity contribution < 1.29 is 9.90 Å². The monoisotopic (exact) mass is 453 g/mol. The highest BCUT2D eigenvalue weighted by molar-refractivity contribution is 6.23. The Hall–Kier alpha value is -3.73. The Morgan fingerprint density at radius 1 is 0.824 bits per heavy atom. The van der Waals surface area contributed by atoms with Gasteiger partial charge in [0, 0.05) is 36.2 Å². The number of carbonyl (C=O) groups excluding carboxylic acids is 1. The van der Waals surface area contributed by atoms with E-state index in [0.29, 0.717) is 11.1 Å². The molecule has 3 aromatic rings. The first-order valence-electron chi connectivity index (χ1n) is 12.2. The van der Waals surface area contributed by atoms with Gasteiger partial charge >= 0.3 is 0 Å². The molecule has 1 aliphatic heterocycles. The summed E-state index contributed by atoms with van der Waals surface area (Å²) < 4.78 is 2.23. The molecule has 0 radical (unpaired) electrons. The van der Waals surface area contributed by atoms with Crippen molar-refractivity contribution in [1.29, 1.82) is 0 Å². The second-order valence-corrected chi connectivity index (χ2v) is 8.61. The van der Waals surface area contributed by atoms with Gasteiger partial charge in [-0.3, -0.25) is 4.79 Å². The number of ketones is 1. The van der Waals surface area contributed by atoms with E-state index in [1.54, 1.807) is 0 Å². The molecule has 0 atom stereocenters. The summed E-state index contributed by atoms with van der Waals surface area (Å²) in [6.45, 7) is 10.8. The quantitative estimate of drug-likeness (QED) is 0.451. The van der Waals surface area contributed by atoms with Crippen molar-refractivity contribution >= 4 is 34.1 Å². The van der Waals surface area contributed by atoms with Gasteiger partial charge in [-0.15, -0.1) is 0 Å². The number of aliphatic hydroxyl groups excluding tert-OH is 1. The van der Waals surface area contributed by atoms with Crippen molar-refractivity contribution in [1.82, 2.24) is 4.57 Å². The number of hydrogen-bond acceptors (Lipinski definition) is 4. The molecule has 5 heteroatoms. The first-order chi connectivity index (χ1) is 16.5. The number of aryl methyl sites for hydroxylation is 2. The van der Waals surface area contributed by atoms with Crippen LogP contribution in [0.3, 0.4) is 0 Å². The fourth-order valence-electron chi connectivity index (χ4n) is 5.38. The molecule has 0 saturated carbocycles. The van der Waals surface area contributed by atoms with Gasteiger partial charge in [-0.05, 0) is 63.1 Å². The molecule has 5 rings (SSSR count). The molecule has 5 nitrogen and oxygen atoms in total. The van der Waals surface area contributed by atoms with E-state index in [-0.39, 0.29) is 11.5 Å². The zero-order chi connectivity index (χ0) is 24.0. The average molecular weight is 454 g/mol. The van der Waals surface area contributed by atoms with Crippen LogP contribution in [-0.4, -0.2) is 28.5 Å². The Bertz CT molecular complexity index is 1320. The summed E-state index contributed by atoms with van der Waals surface area (Å²) >= 11 is 0. The number of para-hydroxylation sites is 3. The molecular formula is C29H31N3O2. The van der Waals surface area contributed by atoms with Crippen molar-refractivity contribution in [3.63, 3.8) is 0 Å². The number of anilines is 2. The minimum atomic E-state index is -0.108. The van der Waals surface area contributed by atoms with Crippen molar-refractivity contribution in [3.05, 3.63) is 88.6 Å². The number of rotatable bonds is 6. The molecule has 0 bridgehead atoms. The Labute approximate surface area is 200 Å². The molecule has 34 heavy (non-hydrogen) atoms. The highest BCUT2D eigenvalue weighted by Crippen LogP contribution is 2.43. The summed E-state index contributed by atoms with van der Waals surface area (Å²) in [7, 11) is 0. The van der Waals surface area contributed by atoms with Gasteiger partial charge in [-0.2, -0.15) is 0 Å². The second-order valence-electron chi connectivity index (χ2n) is 8.61. The van der Waals surface area contributed by atoms with Gasteiger partial charge in [0.15, 0.2) is 0 Å². The largest absolute Gasteiger partial charge is 0.506 e. The fourth-order valence-corrected chi connectivity index (χ4v) is 5.38. The van der Waals surface area contributed by atoms with Crippen LogP contribution in [-0.2, 0) is 17.8 Å². The Balaban J connectivity index is 1.59. The number of nitrogens with zero attached hydrogens (tertiary/aromatic N) is 3. The van der Waals surface area contributed by atoms with E-state index in [9.17, 15) is 9.90 Å². The molecule has 1 aliphatic carbocycles. The molecule has 174 valence electrons. The van der Waals surface area contributed by atoms with Crippen LogP contribution in [0.25, 0.3) is 17.0 Å². The Morgan fingerprint density at radius 3 is 2.00 bits per heavy atom. The molecule has 0 amide bonds. The van der Waals surface area contributed by atoms with Gasteiger partial charge in [0.2, 0.25) is 5.78 Å². The SMILES string of the molecule is CCc1c(/C=C2\C(=O)C(C=C3N(CC)c4ccccc4N3CC)=C2O)n(CC)c2ccccc12. The van der Waals surface area contributed by atoms with Crippen LogP contribution >= 0.6 is 0 Å². The maximum atomic E-state index is 13.3. The summed E-state index contributed by atoms with van der Waals surface area (Å²) in [5.41, 5.74) is 6.39. The molecule has 0 unspecified atom stereocenters. The molecule has 2 aliphatic rings. The lowest BCUT2D eigenvalue weighted by Crippen LogP contribution is -2.30. The average Bonchev–Trinajstić information content (AvgIpc) is 3.35. The summed E-state index contributed by atoms with van der Waals surface area (Å²) in [6, 6.07) is 16.6. The van der Waals surface area contributed by atoms with E-state index >= 15 is 0 Å². The molecular weight excluding hydrogens is 422 g/mol. The summed E-state index contributed by atoms with van der Waals surface area (Å²) in [6.07, 6.45) is 4.58. The number of hydrogen-bond donors (Lipinski definition) is 1. The van der Waals surface area contributed by atoms with Gasteiger partial charge in [0.05, 0.1) is 22.5 Å². The maximum absolute atomic E-state index is 13.3. The maximum Gasteiger partial charge on any atom is 0.200 e. The third-order valence-corrected chi connectivity index (χ3v) is 6.99. The number of Topliss-reactive ketones (excluding diaryl/α,β-unsaturated/α-hetero) is 1. The van der Waals surface area contributed by atoms with Crippen LogP contribution in [0.1, 0.15) is 39.0 Å². The van der Waals surface area contributed by atoms with Crippen LogP contribution in [0, 0.1) is 0 Å². The van der Waals surface area contributed by atoms with E-state index in [1.165, 1.54) is 10.9 Å². The highest BCUT2D eigenvalue weighted by atomic mass is 16.3. The predicted molar refractivity (Wildman–Crippen MR) is 140 cm³/mol. The van der Waals surface area contributed by atoms with Gasteiger partial charge in [0.25, 0.3) is 0 Å². The second kappa shape index (κ2) is 8.56. The van der Waals surface area contributed by atoms with Crippen molar-refractivity contribution in [2.75, 3.05) is 22.9 Å². The molecule has 1 aromatic heterocycles. The first kappa shape index (κ1) is 22.1. The van der Waals surface area contributed by atoms with Crippen LogP contribution in [0.2, 0.25) is 0 Å². The van der Waals surface area contributed by atoms with Crippen molar-refractivity contribution in [3.8, 4) is 0 Å². The standard InChI is InChI=1S/C29H31N3O2/c1-5-19-20-13-9-10-14-23(20)30(6-2)26(19)17-21-28(33)22(29(21)34)18-27-31(7-3)24-15-11-12-16-25(24)32(27)8-4/h9-18,33H,5-8H2,1-4H3/b21-17-. The molecule has 0 spiro atoms. The number of aromatic nitrogens is 1. The number of fused-ring (bicyclic) bond motifs is 2. The van der Waals surface area contributed by atoms with Gasteiger partial charge in [0.1, 0.15) is 11.6 Å². The molecule has 2 aromatic carbocycles. The number of aliphatic hydroxyl groups is 1. The predicted octanol–water partition coefficient (Wildman–Crippen LogP) is 6.21. The molecule has 2 heterocycles. The summed E-state index contributed by atoms with van der Waals surface area (Å²) in [5, 5.41) is 12.2. The summed E-state index contributed by atoms with van der Waals surface area (Å²) in [5.74, 6) is 0.899. The third kappa shape index (κ3) is 3.11. The van der Waals surface area contributed by atoms with E-state index in [1.807, 2.05) is 36.4 Å². The van der Waals surface area contributed by atoms with E-state index in [2.05, 4.69) is 66.3 Å². The smallest absolute Gasteiger partial charge is 0.200 e. The number of carbonyl (C=O) groups is 1. The zero-order valence-electron chi connectivity index (χ0n) is 20.3. The fraction of sp³-hybridized carbons (Fsp3) is 0.276. The minimum Gasteiger partial charge on any atom is -0.506 e. The van der Waals surface area contributed by atoms with Crippen LogP contribution in [0.15, 0.2) is 77.3 Å². The Morgan fingerprint density at radius 2 is 1.44 bits per heavy atom. The lowest BCUT2D eigenvalue weighted by molar-refractivity contribution is -0.113. The van der Waals surface area contributed by atoms with Gasteiger partial charge in [-0.25, -0.2) is 0 Å². The minimum absolute atomic E-state index is 0.0792. The third-order valence-electron chi connectivity index (χ3n) is 6.99. The lowest BCUT2D eigenvalue weighted by atomic mass is 9.86. The van der Waals surface area contributed by atoms with Crippen molar-refractivity contribution in [2.45, 2.75) is 40.7 Å². The molecule has 1 N–H and O–H groups in total. The van der Waals surface area contributed by atoms with Gasteiger partial charge < -0.3 is 19.5 Å². The Kier molecular flexibility index (Phi) is 5.56. The molecule has 0 fully saturated rings. The van der Waals surface area contributed by atoms with Crippen LogP contribution in [0.5, 0.6) is 0 Å². The van der Waals surface area contributed by atoms with Crippen molar-refractivity contribution in [2.24, 2.45) is 0 Å². The first-order valence-corrected chi connectivity index (χ1v) is 12.2. The molecule has 0 saturated heterocycles. The van der Waals surface area contributed by atoms with E-state index in [0.717, 1.165) is 54.5 Å². The van der Waals surface area contributed by atoms with E-state index in [4.69, 9.17) is 0 Å². The highest BCUT2D eigenvalue weighted by Gasteiger charge is 2.36.